The first-order valence-electron chi connectivity index (χ1n) is 6.18. The lowest BCUT2D eigenvalue weighted by Crippen LogP contribution is -2.14. The van der Waals surface area contributed by atoms with Crippen LogP contribution in [-0.4, -0.2) is 22.4 Å². The molecule has 2 aromatic rings. The van der Waals surface area contributed by atoms with Gasteiger partial charge in [0.2, 0.25) is 5.91 Å². The number of benzene rings is 1. The van der Waals surface area contributed by atoms with Crippen LogP contribution >= 0.6 is 23.1 Å². The lowest BCUT2D eigenvalue weighted by molar-refractivity contribution is -0.113. The maximum atomic E-state index is 11.7. The van der Waals surface area contributed by atoms with Gasteiger partial charge in [0, 0.05) is 10.9 Å². The number of carbonyl (C=O) groups is 1. The first kappa shape index (κ1) is 14.1. The highest BCUT2D eigenvalue weighted by atomic mass is 32.2. The van der Waals surface area contributed by atoms with Crippen molar-refractivity contribution in [2.75, 3.05) is 16.8 Å². The van der Waals surface area contributed by atoms with Crippen LogP contribution in [0.3, 0.4) is 0 Å². The lowest BCUT2D eigenvalue weighted by Gasteiger charge is -2.00. The number of nitrogens with one attached hydrogen (secondary N) is 1. The van der Waals surface area contributed by atoms with Gasteiger partial charge in [-0.05, 0) is 12.2 Å². The summed E-state index contributed by atoms with van der Waals surface area (Å²) in [6.45, 7) is 2.11. The monoisotopic (exact) mass is 292 g/mol. The molecule has 0 spiro atoms. The van der Waals surface area contributed by atoms with Crippen molar-refractivity contribution in [3.8, 4) is 11.3 Å². The zero-order valence-corrected chi connectivity index (χ0v) is 12.4. The molecule has 0 aliphatic heterocycles. The number of carbonyl (C=O) groups excluding carboxylic acids is 1. The summed E-state index contributed by atoms with van der Waals surface area (Å²) in [5.41, 5.74) is 1.97. The van der Waals surface area contributed by atoms with E-state index in [0.29, 0.717) is 10.9 Å². The molecule has 0 radical (unpaired) electrons. The molecule has 1 aromatic heterocycles. The van der Waals surface area contributed by atoms with Crippen LogP contribution in [0.4, 0.5) is 5.13 Å². The number of hydrogen-bond donors (Lipinski definition) is 1. The molecule has 0 atom stereocenters. The molecule has 0 unspecified atom stereocenters. The van der Waals surface area contributed by atoms with E-state index in [0.717, 1.165) is 23.4 Å². The number of aromatic nitrogens is 1. The Kier molecular flexibility index (Phi) is 5.42. The van der Waals surface area contributed by atoms with Crippen molar-refractivity contribution in [3.63, 3.8) is 0 Å². The Labute approximate surface area is 121 Å². The SMILES string of the molecule is CCCSCC(=O)Nc1nc(-c2ccccc2)cs1. The molecule has 19 heavy (non-hydrogen) atoms. The minimum Gasteiger partial charge on any atom is -0.301 e. The summed E-state index contributed by atoms with van der Waals surface area (Å²) >= 11 is 3.11. The zero-order chi connectivity index (χ0) is 13.5. The third-order valence-corrected chi connectivity index (χ3v) is 4.32. The lowest BCUT2D eigenvalue weighted by atomic mass is 10.2. The molecule has 3 nitrogen and oxygen atoms in total. The summed E-state index contributed by atoms with van der Waals surface area (Å²) in [6.07, 6.45) is 1.09. The van der Waals surface area contributed by atoms with Crippen LogP contribution in [0.2, 0.25) is 0 Å². The number of thioether (sulfide) groups is 1. The maximum absolute atomic E-state index is 11.7. The van der Waals surface area contributed by atoms with Crippen LogP contribution in [0.5, 0.6) is 0 Å². The van der Waals surface area contributed by atoms with Crippen LogP contribution in [0.15, 0.2) is 35.7 Å². The van der Waals surface area contributed by atoms with Crippen LogP contribution in [-0.2, 0) is 4.79 Å². The third kappa shape index (κ3) is 4.36. The van der Waals surface area contributed by atoms with Crippen LogP contribution in [0.25, 0.3) is 11.3 Å². The molecule has 0 fully saturated rings. The van der Waals surface area contributed by atoms with Crippen molar-refractivity contribution in [1.82, 2.24) is 4.98 Å². The number of rotatable bonds is 6. The molecule has 100 valence electrons. The van der Waals surface area contributed by atoms with Gasteiger partial charge < -0.3 is 5.32 Å². The minimum absolute atomic E-state index is 0.0208. The van der Waals surface area contributed by atoms with Gasteiger partial charge in [0.1, 0.15) is 0 Å². The average Bonchev–Trinajstić information content (AvgIpc) is 2.88. The standard InChI is InChI=1S/C14H16N2OS2/c1-2-8-18-10-13(17)16-14-15-12(9-19-14)11-6-4-3-5-7-11/h3-7,9H,2,8,10H2,1H3,(H,15,16,17). The second-order valence-corrected chi connectivity index (χ2v) is 5.97. The van der Waals surface area contributed by atoms with Crippen molar-refractivity contribution in [1.29, 1.82) is 0 Å². The molecule has 1 N–H and O–H groups in total. The molecule has 0 aliphatic carbocycles. The zero-order valence-electron chi connectivity index (χ0n) is 10.8. The van der Waals surface area contributed by atoms with Crippen molar-refractivity contribution in [2.45, 2.75) is 13.3 Å². The summed E-state index contributed by atoms with van der Waals surface area (Å²) in [4.78, 5) is 16.1. The Hall–Kier alpha value is -1.33. The second-order valence-electron chi connectivity index (χ2n) is 4.00. The van der Waals surface area contributed by atoms with E-state index in [1.54, 1.807) is 11.8 Å². The van der Waals surface area contributed by atoms with Gasteiger partial charge in [-0.1, -0.05) is 37.3 Å². The molecular weight excluding hydrogens is 276 g/mol. The van der Waals surface area contributed by atoms with Gasteiger partial charge in [0.25, 0.3) is 0 Å². The highest BCUT2D eigenvalue weighted by Gasteiger charge is 2.07. The third-order valence-electron chi connectivity index (χ3n) is 2.40. The number of nitrogens with zero attached hydrogens (tertiary/aromatic N) is 1. The maximum Gasteiger partial charge on any atom is 0.236 e. The summed E-state index contributed by atoms with van der Waals surface area (Å²) in [5.74, 6) is 1.53. The quantitative estimate of drug-likeness (QED) is 0.821. The van der Waals surface area contributed by atoms with E-state index in [1.807, 2.05) is 35.7 Å². The smallest absolute Gasteiger partial charge is 0.236 e. The molecule has 0 bridgehead atoms. The topological polar surface area (TPSA) is 42.0 Å². The predicted octanol–water partition coefficient (Wildman–Crippen LogP) is 3.89. The second kappa shape index (κ2) is 7.31. The number of amides is 1. The first-order valence-corrected chi connectivity index (χ1v) is 8.21. The normalized spacial score (nSPS) is 10.4. The van der Waals surface area contributed by atoms with Crippen LogP contribution < -0.4 is 5.32 Å². The minimum atomic E-state index is 0.0208. The number of anilines is 1. The van der Waals surface area contributed by atoms with Crippen molar-refractivity contribution >= 4 is 34.1 Å². The van der Waals surface area contributed by atoms with Gasteiger partial charge in [0.05, 0.1) is 11.4 Å². The van der Waals surface area contributed by atoms with Crippen LogP contribution in [0, 0.1) is 0 Å². The highest BCUT2D eigenvalue weighted by molar-refractivity contribution is 7.99. The summed E-state index contributed by atoms with van der Waals surface area (Å²) in [7, 11) is 0. The van der Waals surface area contributed by atoms with Gasteiger partial charge >= 0.3 is 0 Å². The van der Waals surface area contributed by atoms with Gasteiger partial charge in [-0.2, -0.15) is 11.8 Å². The molecule has 1 heterocycles. The van der Waals surface area contributed by atoms with Gasteiger partial charge in [-0.25, -0.2) is 4.98 Å². The Balaban J connectivity index is 1.93. The van der Waals surface area contributed by atoms with E-state index >= 15 is 0 Å². The molecule has 5 heteroatoms. The van der Waals surface area contributed by atoms with Crippen molar-refractivity contribution in [2.24, 2.45) is 0 Å². The Morgan fingerprint density at radius 1 is 1.37 bits per heavy atom. The van der Waals surface area contributed by atoms with Gasteiger partial charge in [0.15, 0.2) is 5.13 Å². The molecule has 0 aliphatic rings. The van der Waals surface area contributed by atoms with E-state index in [4.69, 9.17) is 0 Å². The fourth-order valence-electron chi connectivity index (χ4n) is 1.54. The van der Waals surface area contributed by atoms with E-state index < -0.39 is 0 Å². The fraction of sp³-hybridized carbons (Fsp3) is 0.286. The molecule has 2 rings (SSSR count). The van der Waals surface area contributed by atoms with E-state index in [-0.39, 0.29) is 5.91 Å². The number of thiazole rings is 1. The molecule has 0 saturated heterocycles. The van der Waals surface area contributed by atoms with E-state index in [2.05, 4.69) is 17.2 Å². The average molecular weight is 292 g/mol. The summed E-state index contributed by atoms with van der Waals surface area (Å²) < 4.78 is 0. The molecule has 1 aromatic carbocycles. The largest absolute Gasteiger partial charge is 0.301 e. The fourth-order valence-corrected chi connectivity index (χ4v) is 2.96. The van der Waals surface area contributed by atoms with E-state index in [9.17, 15) is 4.79 Å². The van der Waals surface area contributed by atoms with Crippen molar-refractivity contribution in [3.05, 3.63) is 35.7 Å². The predicted molar refractivity (Wildman–Crippen MR) is 83.8 cm³/mol. The van der Waals surface area contributed by atoms with Gasteiger partial charge in [-0.3, -0.25) is 4.79 Å². The Morgan fingerprint density at radius 3 is 2.89 bits per heavy atom. The van der Waals surface area contributed by atoms with Gasteiger partial charge in [-0.15, -0.1) is 11.3 Å². The Morgan fingerprint density at radius 2 is 2.16 bits per heavy atom. The molecular formula is C14H16N2OS2. The highest BCUT2D eigenvalue weighted by Crippen LogP contribution is 2.24. The Bertz CT molecular complexity index is 525. The first-order chi connectivity index (χ1) is 9.29. The number of hydrogen-bond acceptors (Lipinski definition) is 4. The summed E-state index contributed by atoms with van der Waals surface area (Å²) in [5, 5.41) is 5.47. The van der Waals surface area contributed by atoms with E-state index in [1.165, 1.54) is 11.3 Å². The molecule has 0 saturated carbocycles. The summed E-state index contributed by atoms with van der Waals surface area (Å²) in [6, 6.07) is 9.96. The molecule has 1 amide bonds. The van der Waals surface area contributed by atoms with Crippen molar-refractivity contribution < 1.29 is 4.79 Å². The van der Waals surface area contributed by atoms with Crippen LogP contribution in [0.1, 0.15) is 13.3 Å².